The van der Waals surface area contributed by atoms with Crippen LogP contribution in [0.3, 0.4) is 0 Å². The summed E-state index contributed by atoms with van der Waals surface area (Å²) < 4.78 is 38.5. The number of rotatable bonds is 3. The maximum atomic E-state index is 12.8. The molecule has 30 heavy (non-hydrogen) atoms. The molecule has 0 saturated carbocycles. The molecule has 1 aliphatic heterocycles. The van der Waals surface area contributed by atoms with Crippen molar-refractivity contribution in [3.05, 3.63) is 76.0 Å². The molecule has 4 rings (SSSR count). The average molecular weight is 431 g/mol. The largest absolute Gasteiger partial charge is 0.416 e. The van der Waals surface area contributed by atoms with Gasteiger partial charge < -0.3 is 15.5 Å². The summed E-state index contributed by atoms with van der Waals surface area (Å²) in [7, 11) is 0. The normalized spacial score (nSPS) is 13.1. The van der Waals surface area contributed by atoms with Crippen molar-refractivity contribution in [3.63, 3.8) is 0 Å². The fourth-order valence-electron chi connectivity index (χ4n) is 3.27. The van der Waals surface area contributed by atoms with Gasteiger partial charge in [0.2, 0.25) is 0 Å². The fourth-order valence-corrected chi connectivity index (χ4v) is 3.94. The number of urea groups is 1. The van der Waals surface area contributed by atoms with Crippen LogP contribution >= 0.6 is 11.3 Å². The molecule has 0 fully saturated rings. The molecule has 0 aliphatic carbocycles. The van der Waals surface area contributed by atoms with E-state index in [1.807, 2.05) is 17.5 Å². The second-order valence-electron chi connectivity index (χ2n) is 6.69. The van der Waals surface area contributed by atoms with E-state index in [1.165, 1.54) is 23.5 Å². The van der Waals surface area contributed by atoms with Crippen LogP contribution in [0.25, 0.3) is 0 Å². The predicted molar refractivity (Wildman–Crippen MR) is 110 cm³/mol. The van der Waals surface area contributed by atoms with Crippen molar-refractivity contribution in [3.8, 4) is 0 Å². The maximum absolute atomic E-state index is 12.8. The lowest BCUT2D eigenvalue weighted by atomic mass is 10.1. The van der Waals surface area contributed by atoms with E-state index in [4.69, 9.17) is 0 Å². The van der Waals surface area contributed by atoms with Crippen LogP contribution in [-0.4, -0.2) is 18.5 Å². The van der Waals surface area contributed by atoms with Gasteiger partial charge in [-0.3, -0.25) is 4.79 Å². The van der Waals surface area contributed by atoms with Gasteiger partial charge in [-0.15, -0.1) is 11.3 Å². The summed E-state index contributed by atoms with van der Waals surface area (Å²) in [6.07, 6.45) is -3.78. The van der Waals surface area contributed by atoms with Crippen LogP contribution in [0.1, 0.15) is 20.8 Å². The summed E-state index contributed by atoms with van der Waals surface area (Å²) >= 11 is 1.36. The number of benzene rings is 2. The lowest BCUT2D eigenvalue weighted by Crippen LogP contribution is -2.28. The summed E-state index contributed by atoms with van der Waals surface area (Å²) in [5, 5.41) is 6.84. The summed E-state index contributed by atoms with van der Waals surface area (Å²) in [5.41, 5.74) is 1.32. The van der Waals surface area contributed by atoms with Crippen LogP contribution < -0.4 is 15.5 Å². The molecule has 2 heterocycles. The van der Waals surface area contributed by atoms with Gasteiger partial charge in [0.05, 0.1) is 10.4 Å². The molecule has 1 aliphatic rings. The van der Waals surface area contributed by atoms with E-state index in [1.54, 1.807) is 23.1 Å². The van der Waals surface area contributed by atoms with Crippen molar-refractivity contribution in [2.75, 3.05) is 22.1 Å². The zero-order valence-corrected chi connectivity index (χ0v) is 16.3. The average Bonchev–Trinajstić information content (AvgIpc) is 3.37. The molecule has 3 amide bonds. The van der Waals surface area contributed by atoms with Crippen molar-refractivity contribution >= 4 is 40.3 Å². The molecule has 0 radical (unpaired) electrons. The third-order valence-corrected chi connectivity index (χ3v) is 5.52. The van der Waals surface area contributed by atoms with Crippen molar-refractivity contribution in [2.24, 2.45) is 0 Å². The zero-order valence-electron chi connectivity index (χ0n) is 15.5. The molecule has 154 valence electrons. The monoisotopic (exact) mass is 431 g/mol. The van der Waals surface area contributed by atoms with Gasteiger partial charge in [0.25, 0.3) is 5.91 Å². The van der Waals surface area contributed by atoms with Crippen LogP contribution in [0.5, 0.6) is 0 Å². The first-order valence-electron chi connectivity index (χ1n) is 9.05. The minimum atomic E-state index is -4.49. The Morgan fingerprint density at radius 2 is 1.73 bits per heavy atom. The number of carbonyl (C=O) groups is 2. The molecule has 0 atom stereocenters. The third kappa shape index (κ3) is 4.16. The Labute approximate surface area is 174 Å². The first kappa shape index (κ1) is 20.0. The number of hydrogen-bond donors (Lipinski definition) is 2. The van der Waals surface area contributed by atoms with Gasteiger partial charge in [-0.25, -0.2) is 4.79 Å². The SMILES string of the molecule is O=C(Nc1cccc(C(F)(F)F)c1)Nc1ccc2c(c1)N(C(=O)c1cccs1)CC2. The molecule has 1 aromatic heterocycles. The molecular formula is C21H16F3N3O2S. The van der Waals surface area contributed by atoms with Crippen LogP contribution in [0, 0.1) is 0 Å². The molecule has 2 aromatic carbocycles. The van der Waals surface area contributed by atoms with Crippen LogP contribution in [0.4, 0.5) is 35.0 Å². The minimum Gasteiger partial charge on any atom is -0.308 e. The van der Waals surface area contributed by atoms with Gasteiger partial charge in [-0.1, -0.05) is 18.2 Å². The van der Waals surface area contributed by atoms with Crippen molar-refractivity contribution in [1.82, 2.24) is 0 Å². The Hall–Kier alpha value is -3.33. The Kier molecular flexibility index (Phi) is 5.21. The Morgan fingerprint density at radius 3 is 2.43 bits per heavy atom. The molecule has 0 spiro atoms. The van der Waals surface area contributed by atoms with Gasteiger partial charge in [0.15, 0.2) is 0 Å². The first-order chi connectivity index (χ1) is 14.3. The second kappa shape index (κ2) is 7.83. The second-order valence-corrected chi connectivity index (χ2v) is 7.63. The van der Waals surface area contributed by atoms with Crippen LogP contribution in [-0.2, 0) is 12.6 Å². The number of anilines is 3. The maximum Gasteiger partial charge on any atom is 0.416 e. The van der Waals surface area contributed by atoms with Gasteiger partial charge in [0, 0.05) is 23.6 Å². The topological polar surface area (TPSA) is 61.4 Å². The minimum absolute atomic E-state index is 0.0259. The van der Waals surface area contributed by atoms with Crippen LogP contribution in [0.2, 0.25) is 0 Å². The molecule has 2 N–H and O–H groups in total. The Balaban J connectivity index is 1.48. The number of carbonyl (C=O) groups excluding carboxylic acids is 2. The van der Waals surface area contributed by atoms with E-state index in [0.29, 0.717) is 29.2 Å². The van der Waals surface area contributed by atoms with Crippen LogP contribution in [0.15, 0.2) is 60.0 Å². The number of alkyl halides is 3. The first-order valence-corrected chi connectivity index (χ1v) is 9.93. The Morgan fingerprint density at radius 1 is 0.967 bits per heavy atom. The standard InChI is InChI=1S/C21H16F3N3O2S/c22-21(23,24)14-3-1-4-15(11-14)25-20(29)26-16-7-6-13-8-9-27(17(13)12-16)19(28)18-5-2-10-30-18/h1-7,10-12H,8-9H2,(H2,25,26,29). The van der Waals surface area contributed by atoms with Gasteiger partial charge in [-0.05, 0) is 53.8 Å². The summed E-state index contributed by atoms with van der Waals surface area (Å²) in [4.78, 5) is 27.3. The highest BCUT2D eigenvalue weighted by molar-refractivity contribution is 7.12. The van der Waals surface area contributed by atoms with E-state index in [-0.39, 0.29) is 11.6 Å². The van der Waals surface area contributed by atoms with Gasteiger partial charge in [-0.2, -0.15) is 13.2 Å². The summed E-state index contributed by atoms with van der Waals surface area (Å²) in [6, 6.07) is 12.5. The number of fused-ring (bicyclic) bond motifs is 1. The number of nitrogens with zero attached hydrogens (tertiary/aromatic N) is 1. The lowest BCUT2D eigenvalue weighted by Gasteiger charge is -2.17. The van der Waals surface area contributed by atoms with E-state index >= 15 is 0 Å². The van der Waals surface area contributed by atoms with E-state index in [2.05, 4.69) is 10.6 Å². The molecular weight excluding hydrogens is 415 g/mol. The zero-order chi connectivity index (χ0) is 21.3. The van der Waals surface area contributed by atoms with E-state index in [0.717, 1.165) is 17.7 Å². The molecule has 3 aromatic rings. The smallest absolute Gasteiger partial charge is 0.308 e. The highest BCUT2D eigenvalue weighted by Gasteiger charge is 2.30. The quantitative estimate of drug-likeness (QED) is 0.566. The summed E-state index contributed by atoms with van der Waals surface area (Å²) in [5.74, 6) is -0.102. The summed E-state index contributed by atoms with van der Waals surface area (Å²) in [6.45, 7) is 0.548. The van der Waals surface area contributed by atoms with Gasteiger partial charge >= 0.3 is 12.2 Å². The van der Waals surface area contributed by atoms with Crippen molar-refractivity contribution in [1.29, 1.82) is 0 Å². The highest BCUT2D eigenvalue weighted by atomic mass is 32.1. The van der Waals surface area contributed by atoms with Crippen molar-refractivity contribution in [2.45, 2.75) is 12.6 Å². The molecule has 0 saturated heterocycles. The van der Waals surface area contributed by atoms with E-state index in [9.17, 15) is 22.8 Å². The number of halogens is 3. The van der Waals surface area contributed by atoms with Gasteiger partial charge in [0.1, 0.15) is 0 Å². The highest BCUT2D eigenvalue weighted by Crippen LogP contribution is 2.33. The van der Waals surface area contributed by atoms with Crippen molar-refractivity contribution < 1.29 is 22.8 Å². The molecule has 0 unspecified atom stereocenters. The van der Waals surface area contributed by atoms with E-state index < -0.39 is 17.8 Å². The third-order valence-electron chi connectivity index (χ3n) is 4.66. The number of thiophene rings is 1. The Bertz CT molecular complexity index is 1100. The lowest BCUT2D eigenvalue weighted by molar-refractivity contribution is -0.137. The fraction of sp³-hybridized carbons (Fsp3) is 0.143. The molecule has 9 heteroatoms. The molecule has 0 bridgehead atoms. The molecule has 5 nitrogen and oxygen atoms in total. The number of hydrogen-bond acceptors (Lipinski definition) is 3. The number of amides is 3. The predicted octanol–water partition coefficient (Wildman–Crippen LogP) is 5.61. The number of nitrogens with one attached hydrogen (secondary N) is 2.